The first-order valence-electron chi connectivity index (χ1n) is 7.08. The molecule has 0 aromatic heterocycles. The number of rotatable bonds is 8. The standard InChI is InChI=1S/C16H22ClNO3/c1-4-6-9-18-15(19)8-7-12-10-13(17)16(20-3)14(11-12)21-5-2/h7-8,10-11H,4-6,9H2,1-3H3,(H,18,19)/b8-7+. The van der Waals surface area contributed by atoms with Crippen LogP contribution in [0.4, 0.5) is 0 Å². The first-order chi connectivity index (χ1) is 10.1. The molecule has 0 aliphatic heterocycles. The molecule has 1 amide bonds. The van der Waals surface area contributed by atoms with E-state index in [1.165, 1.54) is 6.08 Å². The summed E-state index contributed by atoms with van der Waals surface area (Å²) in [5, 5.41) is 3.27. The van der Waals surface area contributed by atoms with Gasteiger partial charge in [0, 0.05) is 12.6 Å². The van der Waals surface area contributed by atoms with E-state index in [9.17, 15) is 4.79 Å². The Kier molecular flexibility index (Phi) is 7.69. The second-order valence-corrected chi connectivity index (χ2v) is 4.85. The van der Waals surface area contributed by atoms with Gasteiger partial charge in [-0.05, 0) is 37.1 Å². The lowest BCUT2D eigenvalue weighted by atomic mass is 10.2. The molecule has 0 spiro atoms. The summed E-state index contributed by atoms with van der Waals surface area (Å²) in [5.74, 6) is 0.954. The zero-order valence-corrected chi connectivity index (χ0v) is 13.5. The Morgan fingerprint density at radius 2 is 2.14 bits per heavy atom. The monoisotopic (exact) mass is 311 g/mol. The highest BCUT2D eigenvalue weighted by Crippen LogP contribution is 2.36. The molecule has 5 heteroatoms. The molecular weight excluding hydrogens is 290 g/mol. The molecule has 0 saturated heterocycles. The Bertz CT molecular complexity index is 501. The Morgan fingerprint density at radius 1 is 1.38 bits per heavy atom. The van der Waals surface area contributed by atoms with Crippen molar-refractivity contribution in [2.24, 2.45) is 0 Å². The molecule has 0 heterocycles. The van der Waals surface area contributed by atoms with Crippen LogP contribution in [0, 0.1) is 0 Å². The van der Waals surface area contributed by atoms with Crippen molar-refractivity contribution in [2.75, 3.05) is 20.3 Å². The van der Waals surface area contributed by atoms with E-state index < -0.39 is 0 Å². The van der Waals surface area contributed by atoms with Gasteiger partial charge in [-0.2, -0.15) is 0 Å². The average molecular weight is 312 g/mol. The third-order valence-corrected chi connectivity index (χ3v) is 3.07. The van der Waals surface area contributed by atoms with Crippen LogP contribution in [0.25, 0.3) is 6.08 Å². The SMILES string of the molecule is CCCCNC(=O)/C=C/c1cc(Cl)c(OC)c(OCC)c1. The fraction of sp³-hybridized carbons (Fsp3) is 0.438. The molecule has 0 radical (unpaired) electrons. The summed E-state index contributed by atoms with van der Waals surface area (Å²) in [5.41, 5.74) is 0.787. The van der Waals surface area contributed by atoms with Gasteiger partial charge in [-0.15, -0.1) is 0 Å². The number of ether oxygens (including phenoxy) is 2. The topological polar surface area (TPSA) is 47.6 Å². The van der Waals surface area contributed by atoms with Crippen molar-refractivity contribution >= 4 is 23.6 Å². The molecule has 0 bridgehead atoms. The van der Waals surface area contributed by atoms with Crippen molar-refractivity contribution < 1.29 is 14.3 Å². The van der Waals surface area contributed by atoms with Crippen LogP contribution in [-0.2, 0) is 4.79 Å². The molecule has 0 unspecified atom stereocenters. The van der Waals surface area contributed by atoms with Crippen molar-refractivity contribution in [1.82, 2.24) is 5.32 Å². The lowest BCUT2D eigenvalue weighted by molar-refractivity contribution is -0.116. The first kappa shape index (κ1) is 17.4. The summed E-state index contributed by atoms with van der Waals surface area (Å²) in [6, 6.07) is 3.53. The van der Waals surface area contributed by atoms with Gasteiger partial charge < -0.3 is 14.8 Å². The number of halogens is 1. The molecule has 21 heavy (non-hydrogen) atoms. The van der Waals surface area contributed by atoms with E-state index in [2.05, 4.69) is 12.2 Å². The molecule has 1 rings (SSSR count). The van der Waals surface area contributed by atoms with Crippen LogP contribution in [0.5, 0.6) is 11.5 Å². The van der Waals surface area contributed by atoms with Crippen LogP contribution in [0.3, 0.4) is 0 Å². The van der Waals surface area contributed by atoms with Gasteiger partial charge in [-0.1, -0.05) is 24.9 Å². The Hall–Kier alpha value is -1.68. The zero-order valence-electron chi connectivity index (χ0n) is 12.7. The fourth-order valence-electron chi connectivity index (χ4n) is 1.76. The van der Waals surface area contributed by atoms with Crippen molar-refractivity contribution in [2.45, 2.75) is 26.7 Å². The van der Waals surface area contributed by atoms with Crippen LogP contribution >= 0.6 is 11.6 Å². The van der Waals surface area contributed by atoms with Crippen molar-refractivity contribution in [3.05, 3.63) is 28.8 Å². The Morgan fingerprint density at radius 3 is 2.76 bits per heavy atom. The molecule has 1 aromatic rings. The molecule has 0 fully saturated rings. The minimum absolute atomic E-state index is 0.117. The Balaban J connectivity index is 2.81. The molecule has 0 aliphatic carbocycles. The number of methoxy groups -OCH3 is 1. The van der Waals surface area contributed by atoms with Gasteiger partial charge in [0.15, 0.2) is 11.5 Å². The van der Waals surface area contributed by atoms with Gasteiger partial charge >= 0.3 is 0 Å². The highest BCUT2D eigenvalue weighted by Gasteiger charge is 2.10. The van der Waals surface area contributed by atoms with Crippen LogP contribution in [-0.4, -0.2) is 26.2 Å². The highest BCUT2D eigenvalue weighted by molar-refractivity contribution is 6.32. The zero-order chi connectivity index (χ0) is 15.7. The van der Waals surface area contributed by atoms with Gasteiger partial charge in [-0.3, -0.25) is 4.79 Å². The van der Waals surface area contributed by atoms with E-state index in [1.807, 2.05) is 6.92 Å². The van der Waals surface area contributed by atoms with Crippen LogP contribution in [0.15, 0.2) is 18.2 Å². The van der Waals surface area contributed by atoms with Crippen molar-refractivity contribution in [1.29, 1.82) is 0 Å². The number of hydrogen-bond donors (Lipinski definition) is 1. The molecule has 4 nitrogen and oxygen atoms in total. The number of carbonyl (C=O) groups excluding carboxylic acids is 1. The predicted molar refractivity (Wildman–Crippen MR) is 86.1 cm³/mol. The Labute approximate surface area is 131 Å². The second kappa shape index (κ2) is 9.29. The van der Waals surface area contributed by atoms with Gasteiger partial charge in [0.25, 0.3) is 0 Å². The molecule has 1 N–H and O–H groups in total. The number of carbonyl (C=O) groups is 1. The lowest BCUT2D eigenvalue weighted by Crippen LogP contribution is -2.21. The van der Waals surface area contributed by atoms with E-state index in [0.717, 1.165) is 18.4 Å². The minimum Gasteiger partial charge on any atom is -0.491 e. The molecular formula is C16H22ClNO3. The number of benzene rings is 1. The van der Waals surface area contributed by atoms with Crippen LogP contribution < -0.4 is 14.8 Å². The summed E-state index contributed by atoms with van der Waals surface area (Å²) in [7, 11) is 1.54. The van der Waals surface area contributed by atoms with Crippen LogP contribution in [0.2, 0.25) is 5.02 Å². The van der Waals surface area contributed by atoms with E-state index in [4.69, 9.17) is 21.1 Å². The minimum atomic E-state index is -0.117. The summed E-state index contributed by atoms with van der Waals surface area (Å²) < 4.78 is 10.7. The van der Waals surface area contributed by atoms with Gasteiger partial charge in [0.05, 0.1) is 18.7 Å². The number of hydrogen-bond acceptors (Lipinski definition) is 3. The van der Waals surface area contributed by atoms with Gasteiger partial charge in [0.2, 0.25) is 5.91 Å². The molecule has 0 saturated carbocycles. The predicted octanol–water partition coefficient (Wildman–Crippen LogP) is 3.68. The van der Waals surface area contributed by atoms with E-state index in [1.54, 1.807) is 25.3 Å². The molecule has 1 aromatic carbocycles. The largest absolute Gasteiger partial charge is 0.491 e. The maximum Gasteiger partial charge on any atom is 0.243 e. The normalized spacial score (nSPS) is 10.7. The maximum absolute atomic E-state index is 11.6. The summed E-state index contributed by atoms with van der Waals surface area (Å²) in [6.07, 6.45) is 5.22. The third kappa shape index (κ3) is 5.68. The summed E-state index contributed by atoms with van der Waals surface area (Å²) in [6.45, 7) is 5.16. The quantitative estimate of drug-likeness (QED) is 0.588. The summed E-state index contributed by atoms with van der Waals surface area (Å²) in [4.78, 5) is 11.6. The fourth-order valence-corrected chi connectivity index (χ4v) is 2.06. The number of nitrogens with one attached hydrogen (secondary N) is 1. The van der Waals surface area contributed by atoms with Crippen LogP contribution in [0.1, 0.15) is 32.3 Å². The first-order valence-corrected chi connectivity index (χ1v) is 7.46. The molecule has 0 atom stereocenters. The van der Waals surface area contributed by atoms with E-state index in [-0.39, 0.29) is 5.91 Å². The maximum atomic E-state index is 11.6. The number of unbranched alkanes of at least 4 members (excludes halogenated alkanes) is 1. The van der Waals surface area contributed by atoms with Crippen molar-refractivity contribution in [3.8, 4) is 11.5 Å². The van der Waals surface area contributed by atoms with Crippen molar-refractivity contribution in [3.63, 3.8) is 0 Å². The van der Waals surface area contributed by atoms with E-state index >= 15 is 0 Å². The molecule has 116 valence electrons. The second-order valence-electron chi connectivity index (χ2n) is 4.45. The average Bonchev–Trinajstić information content (AvgIpc) is 2.45. The highest BCUT2D eigenvalue weighted by atomic mass is 35.5. The smallest absolute Gasteiger partial charge is 0.243 e. The van der Waals surface area contributed by atoms with E-state index in [0.29, 0.717) is 29.7 Å². The lowest BCUT2D eigenvalue weighted by Gasteiger charge is -2.11. The third-order valence-electron chi connectivity index (χ3n) is 2.79. The molecule has 0 aliphatic rings. The number of amides is 1. The summed E-state index contributed by atoms with van der Waals surface area (Å²) >= 11 is 6.15. The van der Waals surface area contributed by atoms with Gasteiger partial charge in [0.1, 0.15) is 0 Å². The van der Waals surface area contributed by atoms with Gasteiger partial charge in [-0.25, -0.2) is 0 Å².